The molecule has 0 spiro atoms. The summed E-state index contributed by atoms with van der Waals surface area (Å²) in [6, 6.07) is 57.2. The first-order valence-electron chi connectivity index (χ1n) is 22.6. The van der Waals surface area contributed by atoms with Crippen molar-refractivity contribution in [2.45, 2.75) is 0 Å². The molecule has 0 aliphatic rings. The molecule has 0 aromatic heterocycles. The lowest BCUT2D eigenvalue weighted by Crippen LogP contribution is -2.10. The van der Waals surface area contributed by atoms with Crippen molar-refractivity contribution in [2.75, 3.05) is 4.90 Å². The average molecular weight is 731 g/mol. The number of benzene rings is 11. The zero-order chi connectivity index (χ0) is 43.8. The van der Waals surface area contributed by atoms with E-state index < -0.39 is 0 Å². The molecule has 1 nitrogen and oxygen atoms in total. The van der Waals surface area contributed by atoms with Crippen LogP contribution in [0, 0.1) is 0 Å². The molecule has 11 rings (SSSR count). The molecule has 11 aromatic rings. The van der Waals surface area contributed by atoms with Gasteiger partial charge in [-0.05, 0) is 118 Å². The third-order valence-electron chi connectivity index (χ3n) is 11.0. The molecule has 0 radical (unpaired) electrons. The molecule has 0 aliphatic carbocycles. The molecule has 266 valence electrons. The third-order valence-corrected chi connectivity index (χ3v) is 11.0. The van der Waals surface area contributed by atoms with Crippen molar-refractivity contribution < 1.29 is 9.60 Å². The Labute approximate surface area is 342 Å². The summed E-state index contributed by atoms with van der Waals surface area (Å²) < 4.78 is 68.5. The Hall–Kier alpha value is -7.48. The first-order valence-corrected chi connectivity index (χ1v) is 19.1. The van der Waals surface area contributed by atoms with E-state index in [1.54, 1.807) is 6.07 Å². The van der Waals surface area contributed by atoms with Crippen LogP contribution in [0.25, 0.3) is 87.2 Å². The number of rotatable bonds is 6. The number of fused-ring (bicyclic) bond motifs is 7. The monoisotopic (exact) mass is 730 g/mol. The molecule has 0 heterocycles. The van der Waals surface area contributed by atoms with Gasteiger partial charge in [-0.3, -0.25) is 0 Å². The van der Waals surface area contributed by atoms with E-state index in [0.29, 0.717) is 16.8 Å². The second kappa shape index (κ2) is 13.7. The van der Waals surface area contributed by atoms with Crippen LogP contribution in [0.15, 0.2) is 224 Å². The molecule has 57 heavy (non-hydrogen) atoms. The fraction of sp³-hybridized carbons (Fsp3) is 0. The molecule has 0 N–H and O–H groups in total. The van der Waals surface area contributed by atoms with Crippen molar-refractivity contribution >= 4 is 70.9 Å². The zero-order valence-electron chi connectivity index (χ0n) is 37.8. The van der Waals surface area contributed by atoms with Gasteiger partial charge in [0.25, 0.3) is 0 Å². The largest absolute Gasteiger partial charge is 0.310 e. The minimum Gasteiger partial charge on any atom is -0.310 e. The third kappa shape index (κ3) is 5.63. The van der Waals surface area contributed by atoms with Crippen LogP contribution in [0.1, 0.15) is 9.60 Å². The predicted molar refractivity (Wildman–Crippen MR) is 245 cm³/mol. The Morgan fingerprint density at radius 2 is 0.772 bits per heavy atom. The van der Waals surface area contributed by atoms with Gasteiger partial charge in [-0.15, -0.1) is 0 Å². The van der Waals surface area contributed by atoms with Crippen LogP contribution in [-0.2, 0) is 0 Å². The summed E-state index contributed by atoms with van der Waals surface area (Å²) in [6.45, 7) is 0. The zero-order valence-corrected chi connectivity index (χ0v) is 30.8. The lowest BCUT2D eigenvalue weighted by molar-refractivity contribution is 1.30. The highest BCUT2D eigenvalue weighted by Crippen LogP contribution is 2.47. The molecule has 0 saturated heterocycles. The molecule has 0 atom stereocenters. The van der Waals surface area contributed by atoms with Crippen LogP contribution in [0.3, 0.4) is 0 Å². The van der Waals surface area contributed by atoms with E-state index in [9.17, 15) is 9.60 Å². The topological polar surface area (TPSA) is 3.24 Å². The summed E-state index contributed by atoms with van der Waals surface area (Å²) in [6.07, 6.45) is 0. The Bertz CT molecular complexity index is 3690. The first kappa shape index (κ1) is 26.3. The van der Waals surface area contributed by atoms with Gasteiger partial charge in [-0.2, -0.15) is 0 Å². The molecule has 0 bridgehead atoms. The molecule has 1 heteroatoms. The van der Waals surface area contributed by atoms with Gasteiger partial charge >= 0.3 is 0 Å². The Morgan fingerprint density at radius 1 is 0.281 bits per heavy atom. The highest BCUT2D eigenvalue weighted by molar-refractivity contribution is 6.21. The van der Waals surface area contributed by atoms with Gasteiger partial charge in [-0.1, -0.05) is 188 Å². The van der Waals surface area contributed by atoms with Crippen LogP contribution < -0.4 is 4.90 Å². The van der Waals surface area contributed by atoms with Crippen molar-refractivity contribution in [1.82, 2.24) is 0 Å². The number of hydrogen-bond acceptors (Lipinski definition) is 1. The Balaban J connectivity index is 1.23. The Morgan fingerprint density at radius 3 is 1.46 bits per heavy atom. The van der Waals surface area contributed by atoms with E-state index in [2.05, 4.69) is 18.2 Å². The molecule has 11 aromatic carbocycles. The maximum Gasteiger partial charge on any atom is 0.0645 e. The number of hydrogen-bond donors (Lipinski definition) is 0. The second-order valence-corrected chi connectivity index (χ2v) is 14.3. The van der Waals surface area contributed by atoms with E-state index >= 15 is 0 Å². The van der Waals surface area contributed by atoms with Crippen LogP contribution >= 0.6 is 0 Å². The highest BCUT2D eigenvalue weighted by Gasteiger charge is 2.20. The van der Waals surface area contributed by atoms with Crippen molar-refractivity contribution in [1.29, 1.82) is 0 Å². The number of nitrogens with zero attached hydrogens (tertiary/aromatic N) is 1. The van der Waals surface area contributed by atoms with E-state index in [0.717, 1.165) is 70.6 Å². The van der Waals surface area contributed by atoms with E-state index in [-0.39, 0.29) is 59.2 Å². The van der Waals surface area contributed by atoms with Gasteiger partial charge in [0.1, 0.15) is 0 Å². The SMILES string of the molecule is [2H]c1cc(-c2c(-c3ccccc3)c3ccccc3c3ccccc23)c([2H])c([2H])c1N(c1c([2H])c([2H])c(-c2ccc3ccccc3c2)c([2H])c1[2H])c1cc2ccccc2c2ccccc12. The summed E-state index contributed by atoms with van der Waals surface area (Å²) >= 11 is 0. The molecule has 0 aliphatic heterocycles. The van der Waals surface area contributed by atoms with Crippen LogP contribution in [-0.4, -0.2) is 0 Å². The van der Waals surface area contributed by atoms with Gasteiger partial charge in [0, 0.05) is 16.8 Å². The maximum absolute atomic E-state index is 10.0. The minimum absolute atomic E-state index is 0.0280. The van der Waals surface area contributed by atoms with Gasteiger partial charge in [-0.25, -0.2) is 0 Å². The van der Waals surface area contributed by atoms with Crippen LogP contribution in [0.5, 0.6) is 0 Å². The average Bonchev–Trinajstić information content (AvgIpc) is 3.33. The molecule has 0 unspecified atom stereocenters. The molecule has 0 amide bonds. The molecule has 0 saturated carbocycles. The summed E-state index contributed by atoms with van der Waals surface area (Å²) in [4.78, 5) is 1.53. The highest BCUT2D eigenvalue weighted by atomic mass is 15.1. The van der Waals surface area contributed by atoms with Gasteiger partial charge in [0.15, 0.2) is 0 Å². The maximum atomic E-state index is 10.0. The number of anilines is 3. The second-order valence-electron chi connectivity index (χ2n) is 14.3. The van der Waals surface area contributed by atoms with Crippen molar-refractivity contribution in [3.63, 3.8) is 0 Å². The van der Waals surface area contributed by atoms with Gasteiger partial charge in [0.05, 0.1) is 15.3 Å². The van der Waals surface area contributed by atoms with Crippen molar-refractivity contribution in [3.05, 3.63) is 224 Å². The van der Waals surface area contributed by atoms with Crippen molar-refractivity contribution in [2.24, 2.45) is 0 Å². The normalized spacial score (nSPS) is 13.2. The quantitative estimate of drug-likeness (QED) is 0.154. The van der Waals surface area contributed by atoms with Crippen LogP contribution in [0.4, 0.5) is 17.1 Å². The Kier molecular flexibility index (Phi) is 6.32. The summed E-state index contributed by atoms with van der Waals surface area (Å²) in [7, 11) is 0. The lowest BCUT2D eigenvalue weighted by atomic mass is 9.85. The van der Waals surface area contributed by atoms with Gasteiger partial charge < -0.3 is 4.90 Å². The van der Waals surface area contributed by atoms with Gasteiger partial charge in [0.2, 0.25) is 0 Å². The summed E-state index contributed by atoms with van der Waals surface area (Å²) in [5.41, 5.74) is 3.95. The lowest BCUT2D eigenvalue weighted by Gasteiger charge is -2.28. The van der Waals surface area contributed by atoms with E-state index in [4.69, 9.17) is 0 Å². The predicted octanol–water partition coefficient (Wildman–Crippen LogP) is 15.9. The van der Waals surface area contributed by atoms with Crippen LogP contribution in [0.2, 0.25) is 0 Å². The fourth-order valence-corrected chi connectivity index (χ4v) is 8.40. The van der Waals surface area contributed by atoms with Crippen molar-refractivity contribution in [3.8, 4) is 33.4 Å². The fourth-order valence-electron chi connectivity index (χ4n) is 8.40. The minimum atomic E-state index is -0.331. The molecular weight excluding hydrogens is 687 g/mol. The molecular formula is C56H37N. The smallest absolute Gasteiger partial charge is 0.0645 e. The van der Waals surface area contributed by atoms with E-state index in [1.165, 1.54) is 4.90 Å². The summed E-state index contributed by atoms with van der Waals surface area (Å²) in [5.74, 6) is 0. The first-order chi connectivity index (χ1) is 31.2. The van der Waals surface area contributed by atoms with E-state index in [1.807, 2.05) is 158 Å². The standard InChI is InChI=1S/C56H37N/c1-2-15-40(16-3-1)55-52-24-12-9-21-49(52)50-22-10-13-25-53(50)56(55)41-30-34-46(35-31-41)57(54-37-44-18-6-7-19-47(44)48-20-8-11-23-51(48)54)45-32-28-39(29-33-45)43-27-26-38-14-4-5-17-42(38)36-43/h1-37H/i28D,29D,30D,32D,33D,34D,35D. The summed E-state index contributed by atoms with van der Waals surface area (Å²) in [5, 5.41) is 9.18. The molecule has 0 fully saturated rings.